The van der Waals surface area contributed by atoms with Gasteiger partial charge >= 0.3 is 0 Å². The molecule has 2 aliphatic rings. The van der Waals surface area contributed by atoms with Crippen LogP contribution in [0.2, 0.25) is 0 Å². The highest BCUT2D eigenvalue weighted by Gasteiger charge is 2.29. The van der Waals surface area contributed by atoms with Gasteiger partial charge in [0, 0.05) is 42.2 Å². The van der Waals surface area contributed by atoms with Crippen molar-refractivity contribution in [2.75, 3.05) is 38.0 Å². The minimum Gasteiger partial charge on any atom is -0.351 e. The number of rotatable bonds is 13. The Kier molecular flexibility index (Phi) is 11.4. The molecule has 1 aliphatic carbocycles. The Morgan fingerprint density at radius 2 is 1.63 bits per heavy atom. The first kappa shape index (κ1) is 33.9. The number of nitrogens with one attached hydrogen (secondary N) is 4. The highest BCUT2D eigenvalue weighted by atomic mass is 16.2. The molecule has 49 heavy (non-hydrogen) atoms. The highest BCUT2D eigenvalue weighted by molar-refractivity contribution is 5.98. The number of carbonyl (C=O) groups is 3. The Hall–Kier alpha value is -4.94. The van der Waals surface area contributed by atoms with E-state index in [9.17, 15) is 14.4 Å². The van der Waals surface area contributed by atoms with Gasteiger partial charge in [-0.3, -0.25) is 14.4 Å². The highest BCUT2D eigenvalue weighted by Crippen LogP contribution is 2.29. The average Bonchev–Trinajstić information content (AvgIpc) is 3.88. The first-order valence-electron chi connectivity index (χ1n) is 17.3. The standard InChI is InChI=1S/C37H45N9O3/c38-24-25-6-8-30(9-7-25)36(48)41-33(37(49)40-32-16-14-28(15-17-32)34-42-44-45-43-34)23-26-4-3-5-31(22-26)27-10-12-29(13-11-27)35(47)39-18-21-46-19-1-2-20-46/h3-5,10-17,22,25,30,33H,1-2,6-9,18-21,23-24,38H2,(H,39,47)(H,40,49)(H,41,48)(H,42,43,44,45). The van der Waals surface area contributed by atoms with Crippen LogP contribution in [-0.2, 0) is 16.0 Å². The van der Waals surface area contributed by atoms with Crippen molar-refractivity contribution >= 4 is 23.4 Å². The Morgan fingerprint density at radius 1 is 0.898 bits per heavy atom. The molecule has 3 amide bonds. The lowest BCUT2D eigenvalue weighted by Crippen LogP contribution is -2.48. The number of aromatic amines is 1. The molecular weight excluding hydrogens is 618 g/mol. The number of carbonyl (C=O) groups excluding carboxylic acids is 3. The van der Waals surface area contributed by atoms with Crippen molar-refractivity contribution in [2.45, 2.75) is 51.0 Å². The zero-order chi connectivity index (χ0) is 34.0. The maximum absolute atomic E-state index is 13.7. The summed E-state index contributed by atoms with van der Waals surface area (Å²) in [6, 6.07) is 21.9. The predicted octanol–water partition coefficient (Wildman–Crippen LogP) is 3.79. The summed E-state index contributed by atoms with van der Waals surface area (Å²) in [7, 11) is 0. The monoisotopic (exact) mass is 663 g/mol. The zero-order valence-corrected chi connectivity index (χ0v) is 27.7. The molecule has 6 N–H and O–H groups in total. The minimum absolute atomic E-state index is 0.0786. The Bertz CT molecular complexity index is 1680. The lowest BCUT2D eigenvalue weighted by molar-refractivity contribution is -0.130. The van der Waals surface area contributed by atoms with Crippen molar-refractivity contribution in [1.29, 1.82) is 0 Å². The fourth-order valence-electron chi connectivity index (χ4n) is 6.74. The Morgan fingerprint density at radius 3 is 2.33 bits per heavy atom. The molecule has 256 valence electrons. The Balaban J connectivity index is 1.12. The molecule has 4 aromatic rings. The maximum Gasteiger partial charge on any atom is 0.251 e. The van der Waals surface area contributed by atoms with Crippen LogP contribution in [0.5, 0.6) is 0 Å². The quantitative estimate of drug-likeness (QED) is 0.144. The van der Waals surface area contributed by atoms with Gasteiger partial charge in [-0.2, -0.15) is 5.21 Å². The van der Waals surface area contributed by atoms with Gasteiger partial charge in [0.05, 0.1) is 0 Å². The first-order valence-corrected chi connectivity index (χ1v) is 17.3. The molecule has 6 rings (SSSR count). The smallest absolute Gasteiger partial charge is 0.251 e. The van der Waals surface area contributed by atoms with Gasteiger partial charge in [0.25, 0.3) is 5.91 Å². The minimum atomic E-state index is -0.793. The molecule has 1 aliphatic heterocycles. The molecule has 12 heteroatoms. The summed E-state index contributed by atoms with van der Waals surface area (Å²) in [5, 5.41) is 23.1. The molecule has 2 fully saturated rings. The fraction of sp³-hybridized carbons (Fsp3) is 0.405. The normalized spacial score (nSPS) is 18.5. The molecular formula is C37H45N9O3. The van der Waals surface area contributed by atoms with Crippen LogP contribution in [0.1, 0.15) is 54.4 Å². The summed E-state index contributed by atoms with van der Waals surface area (Å²) >= 11 is 0. The van der Waals surface area contributed by atoms with E-state index < -0.39 is 6.04 Å². The Labute approximate surface area is 286 Å². The van der Waals surface area contributed by atoms with Crippen molar-refractivity contribution in [3.05, 3.63) is 83.9 Å². The number of benzene rings is 3. The van der Waals surface area contributed by atoms with E-state index >= 15 is 0 Å². The third-order valence-corrected chi connectivity index (χ3v) is 9.70. The lowest BCUT2D eigenvalue weighted by atomic mass is 9.81. The topological polar surface area (TPSA) is 171 Å². The number of nitrogens with zero attached hydrogens (tertiary/aromatic N) is 4. The number of anilines is 1. The summed E-state index contributed by atoms with van der Waals surface area (Å²) in [4.78, 5) is 42.3. The third kappa shape index (κ3) is 9.15. The van der Waals surface area contributed by atoms with Crippen molar-refractivity contribution < 1.29 is 14.4 Å². The number of nitrogens with two attached hydrogens (primary N) is 1. The van der Waals surface area contributed by atoms with Crippen LogP contribution >= 0.6 is 0 Å². The number of H-pyrrole nitrogens is 1. The van der Waals surface area contributed by atoms with Crippen LogP contribution in [0.4, 0.5) is 5.69 Å². The fourth-order valence-corrected chi connectivity index (χ4v) is 6.74. The second kappa shape index (κ2) is 16.4. The van der Waals surface area contributed by atoms with Crippen molar-refractivity contribution in [1.82, 2.24) is 36.2 Å². The number of hydrogen-bond donors (Lipinski definition) is 5. The summed E-state index contributed by atoms with van der Waals surface area (Å²) < 4.78 is 0. The van der Waals surface area contributed by atoms with E-state index in [0.717, 1.165) is 67.6 Å². The second-order valence-electron chi connectivity index (χ2n) is 13.1. The van der Waals surface area contributed by atoms with E-state index in [4.69, 9.17) is 5.73 Å². The molecule has 0 bridgehead atoms. The summed E-state index contributed by atoms with van der Waals surface area (Å²) in [5.74, 6) is 0.276. The number of aromatic nitrogens is 4. The SMILES string of the molecule is NCC1CCC(C(=O)NC(Cc2cccc(-c3ccc(C(=O)NCCN4CCCC4)cc3)c2)C(=O)Nc2ccc(-c3nn[nH]n3)cc2)CC1. The van der Waals surface area contributed by atoms with Crippen molar-refractivity contribution in [3.63, 3.8) is 0 Å². The molecule has 1 saturated carbocycles. The van der Waals surface area contributed by atoms with Gasteiger partial charge in [0.2, 0.25) is 17.6 Å². The van der Waals surface area contributed by atoms with E-state index in [1.165, 1.54) is 12.8 Å². The number of likely N-dealkylation sites (tertiary alicyclic amines) is 1. The summed E-state index contributed by atoms with van der Waals surface area (Å²) in [6.45, 7) is 4.35. The van der Waals surface area contributed by atoms with Crippen LogP contribution < -0.4 is 21.7 Å². The molecule has 2 heterocycles. The zero-order valence-electron chi connectivity index (χ0n) is 27.7. The number of amides is 3. The van der Waals surface area contributed by atoms with Crippen LogP contribution in [0, 0.1) is 11.8 Å². The van der Waals surface area contributed by atoms with Gasteiger partial charge in [-0.1, -0.05) is 36.4 Å². The van der Waals surface area contributed by atoms with E-state index in [0.29, 0.717) is 42.5 Å². The number of hydrogen-bond acceptors (Lipinski definition) is 8. The van der Waals surface area contributed by atoms with Gasteiger partial charge in [-0.05, 0) is 122 Å². The molecule has 1 aromatic heterocycles. The predicted molar refractivity (Wildman–Crippen MR) is 188 cm³/mol. The van der Waals surface area contributed by atoms with E-state index in [2.05, 4.69) is 41.5 Å². The molecule has 1 atom stereocenters. The van der Waals surface area contributed by atoms with E-state index in [1.54, 1.807) is 24.3 Å². The largest absolute Gasteiger partial charge is 0.351 e. The molecule has 0 radical (unpaired) electrons. The molecule has 0 spiro atoms. The van der Waals surface area contributed by atoms with Gasteiger partial charge in [0.1, 0.15) is 6.04 Å². The number of tetrazole rings is 1. The summed E-state index contributed by atoms with van der Waals surface area (Å²) in [5.41, 5.74) is 10.7. The molecule has 1 unspecified atom stereocenters. The third-order valence-electron chi connectivity index (χ3n) is 9.70. The van der Waals surface area contributed by atoms with Gasteiger partial charge < -0.3 is 26.6 Å². The van der Waals surface area contributed by atoms with Crippen LogP contribution in [0.25, 0.3) is 22.5 Å². The average molecular weight is 664 g/mol. The first-order chi connectivity index (χ1) is 23.9. The maximum atomic E-state index is 13.7. The molecule has 3 aromatic carbocycles. The summed E-state index contributed by atoms with van der Waals surface area (Å²) in [6.07, 6.45) is 6.13. The molecule has 12 nitrogen and oxygen atoms in total. The van der Waals surface area contributed by atoms with Gasteiger partial charge in [-0.25, -0.2) is 0 Å². The van der Waals surface area contributed by atoms with E-state index in [-0.39, 0.29) is 23.6 Å². The van der Waals surface area contributed by atoms with E-state index in [1.807, 2.05) is 48.5 Å². The lowest BCUT2D eigenvalue weighted by Gasteiger charge is -2.28. The van der Waals surface area contributed by atoms with Crippen LogP contribution in [0.3, 0.4) is 0 Å². The van der Waals surface area contributed by atoms with Crippen LogP contribution in [0.15, 0.2) is 72.8 Å². The van der Waals surface area contributed by atoms with Gasteiger partial charge in [0.15, 0.2) is 0 Å². The molecule has 1 saturated heterocycles. The van der Waals surface area contributed by atoms with Crippen molar-refractivity contribution in [3.8, 4) is 22.5 Å². The second-order valence-corrected chi connectivity index (χ2v) is 13.1. The van der Waals surface area contributed by atoms with Crippen molar-refractivity contribution in [2.24, 2.45) is 17.6 Å². The van der Waals surface area contributed by atoms with Gasteiger partial charge in [-0.15, -0.1) is 10.2 Å². The van der Waals surface area contributed by atoms with Crippen LogP contribution in [-0.4, -0.2) is 82.0 Å².